The molecule has 0 spiro atoms. The van der Waals surface area contributed by atoms with Crippen LogP contribution in [0.25, 0.3) is 0 Å². The van der Waals surface area contributed by atoms with Gasteiger partial charge in [-0.1, -0.05) is 0 Å². The standard InChI is InChI=1S/C12H14INO4/c13-9-3-5-10(6-4-9)18-7-1-2-11(15)14-8-12(16)17/h3-6H,1-2,7-8H2,(H,14,15)(H,16,17). The fraction of sp³-hybridized carbons (Fsp3) is 0.333. The zero-order valence-corrected chi connectivity index (χ0v) is 11.8. The van der Waals surface area contributed by atoms with Crippen molar-refractivity contribution in [1.29, 1.82) is 0 Å². The van der Waals surface area contributed by atoms with Gasteiger partial charge in [-0.25, -0.2) is 0 Å². The van der Waals surface area contributed by atoms with E-state index >= 15 is 0 Å². The summed E-state index contributed by atoms with van der Waals surface area (Å²) in [7, 11) is 0. The Labute approximate surface area is 119 Å². The number of ether oxygens (including phenoxy) is 1. The van der Waals surface area contributed by atoms with Crippen LogP contribution in [0.1, 0.15) is 12.8 Å². The van der Waals surface area contributed by atoms with Crippen LogP contribution in [0.4, 0.5) is 0 Å². The smallest absolute Gasteiger partial charge is 0.322 e. The van der Waals surface area contributed by atoms with Crippen LogP contribution >= 0.6 is 22.6 Å². The predicted octanol–water partition coefficient (Wildman–Crippen LogP) is 1.65. The third kappa shape index (κ3) is 6.43. The summed E-state index contributed by atoms with van der Waals surface area (Å²) in [6.07, 6.45) is 0.815. The number of carboxylic acids is 1. The van der Waals surface area contributed by atoms with E-state index in [2.05, 4.69) is 27.9 Å². The Hall–Kier alpha value is -1.31. The Morgan fingerprint density at radius 3 is 2.56 bits per heavy atom. The molecule has 0 saturated heterocycles. The third-order valence-corrected chi connectivity index (χ3v) is 2.79. The topological polar surface area (TPSA) is 75.6 Å². The number of benzene rings is 1. The molecule has 0 atom stereocenters. The highest BCUT2D eigenvalue weighted by atomic mass is 127. The molecule has 98 valence electrons. The number of nitrogens with one attached hydrogen (secondary N) is 1. The fourth-order valence-corrected chi connectivity index (χ4v) is 1.58. The van der Waals surface area contributed by atoms with Crippen molar-refractivity contribution in [2.45, 2.75) is 12.8 Å². The summed E-state index contributed by atoms with van der Waals surface area (Å²) >= 11 is 2.21. The highest BCUT2D eigenvalue weighted by Crippen LogP contribution is 2.13. The minimum Gasteiger partial charge on any atom is -0.494 e. The Kier molecular flexibility index (Phi) is 6.48. The molecule has 18 heavy (non-hydrogen) atoms. The molecule has 2 N–H and O–H groups in total. The normalized spacial score (nSPS) is 9.83. The van der Waals surface area contributed by atoms with Crippen LogP contribution in [0.3, 0.4) is 0 Å². The van der Waals surface area contributed by atoms with Crippen molar-refractivity contribution in [1.82, 2.24) is 5.32 Å². The van der Waals surface area contributed by atoms with Gasteiger partial charge in [0.1, 0.15) is 12.3 Å². The van der Waals surface area contributed by atoms with Crippen molar-refractivity contribution in [2.75, 3.05) is 13.2 Å². The van der Waals surface area contributed by atoms with Gasteiger partial charge in [-0.2, -0.15) is 0 Å². The minimum atomic E-state index is -1.04. The summed E-state index contributed by atoms with van der Waals surface area (Å²) in [4.78, 5) is 21.4. The molecular weight excluding hydrogens is 349 g/mol. The zero-order valence-electron chi connectivity index (χ0n) is 9.69. The van der Waals surface area contributed by atoms with Gasteiger partial charge in [-0.3, -0.25) is 9.59 Å². The fourth-order valence-electron chi connectivity index (χ4n) is 1.22. The number of halogens is 1. The predicted molar refractivity (Wildman–Crippen MR) is 74.5 cm³/mol. The first-order chi connectivity index (χ1) is 8.58. The molecule has 0 radical (unpaired) electrons. The second-order valence-electron chi connectivity index (χ2n) is 3.58. The molecule has 0 aromatic heterocycles. The first kappa shape index (κ1) is 14.7. The molecule has 1 amide bonds. The molecule has 0 heterocycles. The van der Waals surface area contributed by atoms with Gasteiger partial charge in [0.2, 0.25) is 5.91 Å². The molecule has 0 unspecified atom stereocenters. The molecule has 0 aliphatic heterocycles. The van der Waals surface area contributed by atoms with Crippen LogP contribution in [0.2, 0.25) is 0 Å². The van der Waals surface area contributed by atoms with E-state index in [1.165, 1.54) is 0 Å². The van der Waals surface area contributed by atoms with Gasteiger partial charge < -0.3 is 15.2 Å². The highest BCUT2D eigenvalue weighted by Gasteiger charge is 2.03. The van der Waals surface area contributed by atoms with Crippen LogP contribution in [-0.2, 0) is 9.59 Å². The minimum absolute atomic E-state index is 0.262. The lowest BCUT2D eigenvalue weighted by Gasteiger charge is -2.06. The van der Waals surface area contributed by atoms with Crippen molar-refractivity contribution in [3.8, 4) is 5.75 Å². The number of hydrogen-bond donors (Lipinski definition) is 2. The first-order valence-corrected chi connectivity index (χ1v) is 6.52. The van der Waals surface area contributed by atoms with Crippen molar-refractivity contribution in [3.63, 3.8) is 0 Å². The number of hydrogen-bond acceptors (Lipinski definition) is 3. The molecule has 1 aromatic carbocycles. The largest absolute Gasteiger partial charge is 0.494 e. The summed E-state index contributed by atoms with van der Waals surface area (Å²) in [5.41, 5.74) is 0. The number of carbonyl (C=O) groups is 2. The number of carboxylic acid groups (broad SMARTS) is 1. The molecule has 0 aliphatic carbocycles. The molecule has 6 heteroatoms. The van der Waals surface area contributed by atoms with Gasteiger partial charge in [-0.15, -0.1) is 0 Å². The van der Waals surface area contributed by atoms with E-state index in [0.717, 1.165) is 9.32 Å². The Morgan fingerprint density at radius 2 is 1.94 bits per heavy atom. The van der Waals surface area contributed by atoms with E-state index in [1.807, 2.05) is 24.3 Å². The van der Waals surface area contributed by atoms with E-state index < -0.39 is 5.97 Å². The van der Waals surface area contributed by atoms with Crippen molar-refractivity contribution < 1.29 is 19.4 Å². The molecule has 1 rings (SSSR count). The second-order valence-corrected chi connectivity index (χ2v) is 4.82. The quantitative estimate of drug-likeness (QED) is 0.571. The summed E-state index contributed by atoms with van der Waals surface area (Å²) in [5.74, 6) is -0.552. The van der Waals surface area contributed by atoms with Gasteiger partial charge in [0.25, 0.3) is 0 Å². The van der Waals surface area contributed by atoms with Crippen LogP contribution in [0.15, 0.2) is 24.3 Å². The summed E-state index contributed by atoms with van der Waals surface area (Å²) in [6.45, 7) is 0.0951. The van der Waals surface area contributed by atoms with E-state index in [4.69, 9.17) is 9.84 Å². The van der Waals surface area contributed by atoms with Gasteiger partial charge in [0, 0.05) is 9.99 Å². The Morgan fingerprint density at radius 1 is 1.28 bits per heavy atom. The number of aliphatic carboxylic acids is 1. The summed E-state index contributed by atoms with van der Waals surface area (Å²) in [5, 5.41) is 10.7. The van der Waals surface area contributed by atoms with Crippen LogP contribution < -0.4 is 10.1 Å². The van der Waals surface area contributed by atoms with Crippen LogP contribution in [0, 0.1) is 3.57 Å². The monoisotopic (exact) mass is 363 g/mol. The van der Waals surface area contributed by atoms with Gasteiger partial charge in [0.15, 0.2) is 0 Å². The van der Waals surface area contributed by atoms with E-state index in [1.54, 1.807) is 0 Å². The van der Waals surface area contributed by atoms with Crippen LogP contribution in [0.5, 0.6) is 5.75 Å². The number of amides is 1. The first-order valence-electron chi connectivity index (χ1n) is 5.45. The van der Waals surface area contributed by atoms with Gasteiger partial charge in [0.05, 0.1) is 6.61 Å². The van der Waals surface area contributed by atoms with Gasteiger partial charge >= 0.3 is 5.97 Å². The van der Waals surface area contributed by atoms with E-state index in [-0.39, 0.29) is 18.9 Å². The lowest BCUT2D eigenvalue weighted by Crippen LogP contribution is -2.29. The van der Waals surface area contributed by atoms with E-state index in [0.29, 0.717) is 13.0 Å². The second kappa shape index (κ2) is 7.91. The Balaban J connectivity index is 2.13. The average Bonchev–Trinajstić information content (AvgIpc) is 2.34. The maximum atomic E-state index is 11.2. The summed E-state index contributed by atoms with van der Waals surface area (Å²) in [6, 6.07) is 7.61. The lowest BCUT2D eigenvalue weighted by molar-refractivity contribution is -0.137. The zero-order chi connectivity index (χ0) is 13.4. The number of carbonyl (C=O) groups excluding carboxylic acids is 1. The SMILES string of the molecule is O=C(O)CNC(=O)CCCOc1ccc(I)cc1. The molecular formula is C12H14INO4. The third-order valence-electron chi connectivity index (χ3n) is 2.07. The van der Waals surface area contributed by atoms with E-state index in [9.17, 15) is 9.59 Å². The molecule has 0 aliphatic rings. The average molecular weight is 363 g/mol. The van der Waals surface area contributed by atoms with Crippen LogP contribution in [-0.4, -0.2) is 30.1 Å². The van der Waals surface area contributed by atoms with Crippen molar-refractivity contribution >= 4 is 34.5 Å². The number of rotatable bonds is 7. The molecule has 0 saturated carbocycles. The molecule has 0 fully saturated rings. The van der Waals surface area contributed by atoms with Crippen molar-refractivity contribution in [3.05, 3.63) is 27.8 Å². The maximum absolute atomic E-state index is 11.2. The van der Waals surface area contributed by atoms with Gasteiger partial charge in [-0.05, 0) is 53.3 Å². The lowest BCUT2D eigenvalue weighted by atomic mass is 10.3. The maximum Gasteiger partial charge on any atom is 0.322 e. The highest BCUT2D eigenvalue weighted by molar-refractivity contribution is 14.1. The molecule has 5 nitrogen and oxygen atoms in total. The molecule has 0 bridgehead atoms. The summed E-state index contributed by atoms with van der Waals surface area (Å²) < 4.78 is 6.57. The Bertz CT molecular complexity index is 405. The van der Waals surface area contributed by atoms with Crippen molar-refractivity contribution in [2.24, 2.45) is 0 Å². The molecule has 1 aromatic rings.